The smallest absolute Gasteiger partial charge is 0.237 e. The van der Waals surface area contributed by atoms with Crippen molar-refractivity contribution < 1.29 is 4.79 Å². The predicted molar refractivity (Wildman–Crippen MR) is 73.4 cm³/mol. The van der Waals surface area contributed by atoms with E-state index in [-0.39, 0.29) is 18.0 Å². The van der Waals surface area contributed by atoms with Crippen LogP contribution in [0.3, 0.4) is 0 Å². The molecule has 0 spiro atoms. The summed E-state index contributed by atoms with van der Waals surface area (Å²) >= 11 is 0. The van der Waals surface area contributed by atoms with Crippen molar-refractivity contribution in [3.05, 3.63) is 35.4 Å². The van der Waals surface area contributed by atoms with Gasteiger partial charge in [0.15, 0.2) is 0 Å². The Labute approximate surface area is 109 Å². The van der Waals surface area contributed by atoms with E-state index in [0.717, 1.165) is 25.8 Å². The van der Waals surface area contributed by atoms with Gasteiger partial charge in [-0.15, -0.1) is 0 Å². The maximum absolute atomic E-state index is 12.1. The van der Waals surface area contributed by atoms with Crippen molar-refractivity contribution in [3.63, 3.8) is 0 Å². The lowest BCUT2D eigenvalue weighted by Crippen LogP contribution is -2.41. The molecule has 0 bridgehead atoms. The van der Waals surface area contributed by atoms with E-state index >= 15 is 0 Å². The van der Waals surface area contributed by atoms with Gasteiger partial charge in [-0.1, -0.05) is 36.8 Å². The molecule has 1 aliphatic heterocycles. The number of hydrogen-bond acceptors (Lipinski definition) is 2. The molecular formula is C15H22N2O. The maximum Gasteiger partial charge on any atom is 0.237 e. The molecule has 1 saturated heterocycles. The van der Waals surface area contributed by atoms with E-state index in [1.54, 1.807) is 0 Å². The zero-order valence-electron chi connectivity index (χ0n) is 11.2. The Kier molecular flexibility index (Phi) is 4.37. The summed E-state index contributed by atoms with van der Waals surface area (Å²) in [5.74, 6) is 0.139. The number of amides is 1. The first-order valence-electron chi connectivity index (χ1n) is 6.81. The lowest BCUT2D eigenvalue weighted by molar-refractivity contribution is -0.123. The van der Waals surface area contributed by atoms with Crippen LogP contribution in [0.4, 0.5) is 0 Å². The van der Waals surface area contributed by atoms with Crippen LogP contribution in [-0.4, -0.2) is 18.5 Å². The van der Waals surface area contributed by atoms with E-state index in [2.05, 4.69) is 48.7 Å². The topological polar surface area (TPSA) is 41.1 Å². The van der Waals surface area contributed by atoms with Gasteiger partial charge in [-0.05, 0) is 38.3 Å². The van der Waals surface area contributed by atoms with Crippen molar-refractivity contribution in [2.24, 2.45) is 0 Å². The second-order valence-corrected chi connectivity index (χ2v) is 5.03. The molecule has 0 aromatic heterocycles. The van der Waals surface area contributed by atoms with Gasteiger partial charge in [-0.2, -0.15) is 0 Å². The number of benzene rings is 1. The lowest BCUT2D eigenvalue weighted by Gasteiger charge is -2.20. The molecule has 98 valence electrons. The van der Waals surface area contributed by atoms with Gasteiger partial charge in [0.1, 0.15) is 0 Å². The maximum atomic E-state index is 12.1. The molecule has 1 aromatic rings. The summed E-state index contributed by atoms with van der Waals surface area (Å²) in [5, 5.41) is 6.38. The predicted octanol–water partition coefficient (Wildman–Crippen LogP) is 2.31. The van der Waals surface area contributed by atoms with E-state index < -0.39 is 0 Å². The van der Waals surface area contributed by atoms with Crippen molar-refractivity contribution in [2.45, 2.75) is 45.2 Å². The molecule has 18 heavy (non-hydrogen) atoms. The first kappa shape index (κ1) is 13.1. The molecule has 2 rings (SSSR count). The highest BCUT2D eigenvalue weighted by Gasteiger charge is 2.24. The van der Waals surface area contributed by atoms with Gasteiger partial charge in [0.05, 0.1) is 12.1 Å². The Balaban J connectivity index is 2.00. The average molecular weight is 246 g/mol. The van der Waals surface area contributed by atoms with Gasteiger partial charge in [-0.25, -0.2) is 0 Å². The third kappa shape index (κ3) is 3.10. The van der Waals surface area contributed by atoms with Crippen molar-refractivity contribution in [2.75, 3.05) is 6.54 Å². The Morgan fingerprint density at radius 3 is 2.72 bits per heavy atom. The van der Waals surface area contributed by atoms with Gasteiger partial charge in [0, 0.05) is 0 Å². The molecule has 1 heterocycles. The Hall–Kier alpha value is -1.35. The van der Waals surface area contributed by atoms with Gasteiger partial charge < -0.3 is 10.6 Å². The average Bonchev–Trinajstić information content (AvgIpc) is 2.91. The highest BCUT2D eigenvalue weighted by atomic mass is 16.2. The summed E-state index contributed by atoms with van der Waals surface area (Å²) in [7, 11) is 0. The van der Waals surface area contributed by atoms with E-state index in [1.165, 1.54) is 11.1 Å². The Morgan fingerprint density at radius 2 is 2.17 bits per heavy atom. The Morgan fingerprint density at radius 1 is 1.44 bits per heavy atom. The summed E-state index contributed by atoms with van der Waals surface area (Å²) in [6, 6.07) is 8.53. The largest absolute Gasteiger partial charge is 0.348 e. The molecule has 0 saturated carbocycles. The standard InChI is InChI=1S/C15H22N2O/c1-3-13(12-8-6-11(2)7-9-12)17-15(18)14-5-4-10-16-14/h6-9,13-14,16H,3-5,10H2,1-2H3,(H,17,18). The van der Waals surface area contributed by atoms with Crippen LogP contribution in [0.25, 0.3) is 0 Å². The highest BCUT2D eigenvalue weighted by molar-refractivity contribution is 5.82. The van der Waals surface area contributed by atoms with Crippen LogP contribution >= 0.6 is 0 Å². The van der Waals surface area contributed by atoms with Crippen molar-refractivity contribution >= 4 is 5.91 Å². The molecular weight excluding hydrogens is 224 g/mol. The molecule has 3 heteroatoms. The molecule has 1 aromatic carbocycles. The summed E-state index contributed by atoms with van der Waals surface area (Å²) in [6.07, 6.45) is 2.97. The number of hydrogen-bond donors (Lipinski definition) is 2. The summed E-state index contributed by atoms with van der Waals surface area (Å²) in [4.78, 5) is 12.1. The van der Waals surface area contributed by atoms with Crippen molar-refractivity contribution in [3.8, 4) is 0 Å². The normalized spacial score (nSPS) is 20.7. The molecule has 1 fully saturated rings. The molecule has 3 nitrogen and oxygen atoms in total. The molecule has 1 aliphatic rings. The number of nitrogens with one attached hydrogen (secondary N) is 2. The summed E-state index contributed by atoms with van der Waals surface area (Å²) in [6.45, 7) is 5.14. The lowest BCUT2D eigenvalue weighted by atomic mass is 10.0. The molecule has 2 unspecified atom stereocenters. The first-order chi connectivity index (χ1) is 8.70. The van der Waals surface area contributed by atoms with Gasteiger partial charge >= 0.3 is 0 Å². The molecule has 2 N–H and O–H groups in total. The first-order valence-corrected chi connectivity index (χ1v) is 6.81. The van der Waals surface area contributed by atoms with Crippen molar-refractivity contribution in [1.82, 2.24) is 10.6 Å². The van der Waals surface area contributed by atoms with Crippen LogP contribution in [0.2, 0.25) is 0 Å². The zero-order valence-corrected chi connectivity index (χ0v) is 11.2. The SMILES string of the molecule is CCC(NC(=O)C1CCCN1)c1ccc(C)cc1. The van der Waals surface area contributed by atoms with E-state index in [9.17, 15) is 4.79 Å². The van der Waals surface area contributed by atoms with Crippen LogP contribution in [0.15, 0.2) is 24.3 Å². The van der Waals surface area contributed by atoms with Crippen molar-refractivity contribution in [1.29, 1.82) is 0 Å². The fourth-order valence-electron chi connectivity index (χ4n) is 2.40. The van der Waals surface area contributed by atoms with Gasteiger partial charge in [0.25, 0.3) is 0 Å². The number of carbonyl (C=O) groups is 1. The van der Waals surface area contributed by atoms with Crippen LogP contribution in [0.1, 0.15) is 43.4 Å². The minimum absolute atomic E-state index is 0.00417. The van der Waals surface area contributed by atoms with Crippen LogP contribution < -0.4 is 10.6 Å². The van der Waals surface area contributed by atoms with E-state index in [4.69, 9.17) is 0 Å². The van der Waals surface area contributed by atoms with Gasteiger partial charge in [0.2, 0.25) is 5.91 Å². The fourth-order valence-corrected chi connectivity index (χ4v) is 2.40. The minimum atomic E-state index is 0.00417. The Bertz CT molecular complexity index is 393. The second kappa shape index (κ2) is 6.01. The number of aryl methyl sites for hydroxylation is 1. The van der Waals surface area contributed by atoms with E-state index in [0.29, 0.717) is 0 Å². The number of carbonyl (C=O) groups excluding carboxylic acids is 1. The van der Waals surface area contributed by atoms with Crippen LogP contribution in [0.5, 0.6) is 0 Å². The quantitative estimate of drug-likeness (QED) is 0.856. The monoisotopic (exact) mass is 246 g/mol. The van der Waals surface area contributed by atoms with Gasteiger partial charge in [-0.3, -0.25) is 4.79 Å². The van der Waals surface area contributed by atoms with Crippen LogP contribution in [-0.2, 0) is 4.79 Å². The van der Waals surface area contributed by atoms with E-state index in [1.807, 2.05) is 0 Å². The summed E-state index contributed by atoms with van der Waals surface area (Å²) < 4.78 is 0. The van der Waals surface area contributed by atoms with Crippen LogP contribution in [0, 0.1) is 6.92 Å². The number of rotatable bonds is 4. The zero-order chi connectivity index (χ0) is 13.0. The minimum Gasteiger partial charge on any atom is -0.348 e. The molecule has 0 aliphatic carbocycles. The third-order valence-electron chi connectivity index (χ3n) is 3.58. The second-order valence-electron chi connectivity index (χ2n) is 5.03. The third-order valence-corrected chi connectivity index (χ3v) is 3.58. The molecule has 2 atom stereocenters. The fraction of sp³-hybridized carbons (Fsp3) is 0.533. The molecule has 1 amide bonds. The summed E-state index contributed by atoms with van der Waals surface area (Å²) in [5.41, 5.74) is 2.44. The highest BCUT2D eigenvalue weighted by Crippen LogP contribution is 2.18. The molecule has 0 radical (unpaired) electrons.